The van der Waals surface area contributed by atoms with E-state index in [2.05, 4.69) is 31.3 Å². The summed E-state index contributed by atoms with van der Waals surface area (Å²) in [6.45, 7) is 1.69. The molecule has 12 N–H and O–H groups in total. The number of nitrogens with one attached hydrogen (secondary N) is 1. The largest absolute Gasteiger partial charge is 0.394 e. The minimum absolute atomic E-state index is 0.239. The Morgan fingerprint density at radius 2 is 0.853 bits per heavy atom. The third kappa shape index (κ3) is 25.1. The van der Waals surface area contributed by atoms with Crippen LogP contribution in [0.15, 0.2) is 24.3 Å². The number of hydrogen-bond acceptors (Lipinski definition) is 18. The Morgan fingerprint density at radius 3 is 1.33 bits per heavy atom. The molecule has 3 aliphatic rings. The Balaban J connectivity index is 1.54. The van der Waals surface area contributed by atoms with Gasteiger partial charge in [0, 0.05) is 6.42 Å². The van der Waals surface area contributed by atoms with Crippen molar-refractivity contribution in [2.45, 2.75) is 298 Å². The maximum Gasteiger partial charge on any atom is 0.220 e. The van der Waals surface area contributed by atoms with Crippen LogP contribution in [-0.2, 0) is 33.2 Å². The summed E-state index contributed by atoms with van der Waals surface area (Å²) in [6, 6.07) is -0.984. The van der Waals surface area contributed by atoms with Crippen molar-refractivity contribution in [2.24, 2.45) is 0 Å². The smallest absolute Gasteiger partial charge is 0.220 e. The lowest BCUT2D eigenvalue weighted by Crippen LogP contribution is -2.66. The number of ether oxygens (including phenoxy) is 6. The molecule has 0 aromatic heterocycles. The monoisotopic (exact) mass is 1080 g/mol. The van der Waals surface area contributed by atoms with Gasteiger partial charge in [-0.25, -0.2) is 0 Å². The van der Waals surface area contributed by atoms with Crippen molar-refractivity contribution < 1.29 is 89.4 Å². The third-order valence-electron chi connectivity index (χ3n) is 14.8. The molecular formula is C56H103NO18. The van der Waals surface area contributed by atoms with Crippen LogP contribution in [0.25, 0.3) is 0 Å². The number of amides is 1. The van der Waals surface area contributed by atoms with Gasteiger partial charge in [0.05, 0.1) is 38.6 Å². The first-order chi connectivity index (χ1) is 36.3. The zero-order chi connectivity index (χ0) is 54.8. The predicted octanol–water partition coefficient (Wildman–Crippen LogP) is 4.37. The lowest BCUT2D eigenvalue weighted by Gasteiger charge is -2.48. The number of carbonyl (C=O) groups excluding carboxylic acids is 1. The van der Waals surface area contributed by atoms with Gasteiger partial charge in [-0.1, -0.05) is 179 Å². The molecule has 0 saturated carbocycles. The van der Waals surface area contributed by atoms with E-state index in [1.54, 1.807) is 6.08 Å². The third-order valence-corrected chi connectivity index (χ3v) is 14.8. The fraction of sp³-hybridized carbons (Fsp3) is 0.911. The van der Waals surface area contributed by atoms with Crippen LogP contribution in [-0.4, -0.2) is 193 Å². The second-order valence-corrected chi connectivity index (χ2v) is 21.1. The van der Waals surface area contributed by atoms with Crippen LogP contribution in [0, 0.1) is 0 Å². The van der Waals surface area contributed by atoms with E-state index in [-0.39, 0.29) is 18.9 Å². The van der Waals surface area contributed by atoms with Gasteiger partial charge in [-0.05, 0) is 32.1 Å². The van der Waals surface area contributed by atoms with Crippen molar-refractivity contribution in [3.05, 3.63) is 24.3 Å². The van der Waals surface area contributed by atoms with E-state index in [0.29, 0.717) is 12.8 Å². The highest BCUT2D eigenvalue weighted by Crippen LogP contribution is 2.33. The van der Waals surface area contributed by atoms with Gasteiger partial charge in [-0.2, -0.15) is 0 Å². The van der Waals surface area contributed by atoms with E-state index in [0.717, 1.165) is 38.5 Å². The zero-order valence-corrected chi connectivity index (χ0v) is 45.5. The van der Waals surface area contributed by atoms with Gasteiger partial charge in [-0.15, -0.1) is 0 Å². The fourth-order valence-electron chi connectivity index (χ4n) is 9.91. The summed E-state index contributed by atoms with van der Waals surface area (Å²) in [5, 5.41) is 120. The molecule has 75 heavy (non-hydrogen) atoms. The van der Waals surface area contributed by atoms with Crippen LogP contribution in [0.3, 0.4) is 0 Å². The Bertz CT molecular complexity index is 1480. The first kappa shape index (κ1) is 67.5. The Morgan fingerprint density at radius 1 is 0.467 bits per heavy atom. The molecule has 19 heteroatoms. The zero-order valence-electron chi connectivity index (χ0n) is 45.5. The average molecular weight is 1080 g/mol. The maximum atomic E-state index is 13.3. The van der Waals surface area contributed by atoms with Gasteiger partial charge in [0.15, 0.2) is 18.9 Å². The van der Waals surface area contributed by atoms with Gasteiger partial charge in [0.2, 0.25) is 5.91 Å². The van der Waals surface area contributed by atoms with E-state index < -0.39 is 124 Å². The molecule has 0 spiro atoms. The van der Waals surface area contributed by atoms with Crippen molar-refractivity contribution in [3.8, 4) is 0 Å². The molecule has 3 rings (SSSR count). The molecule has 0 aliphatic carbocycles. The molecule has 17 unspecified atom stereocenters. The van der Waals surface area contributed by atoms with Crippen LogP contribution in [0.5, 0.6) is 0 Å². The molecule has 3 aliphatic heterocycles. The van der Waals surface area contributed by atoms with E-state index >= 15 is 0 Å². The molecule has 3 heterocycles. The highest BCUT2D eigenvalue weighted by atomic mass is 16.8. The van der Waals surface area contributed by atoms with E-state index in [9.17, 15) is 61.0 Å². The molecule has 1 amide bonds. The summed E-state index contributed by atoms with van der Waals surface area (Å²) >= 11 is 0. The molecule has 0 aromatic carbocycles. The molecule has 0 aromatic rings. The first-order valence-electron chi connectivity index (χ1n) is 29.1. The van der Waals surface area contributed by atoms with Crippen LogP contribution in [0.1, 0.15) is 194 Å². The second-order valence-electron chi connectivity index (χ2n) is 21.1. The molecule has 0 bridgehead atoms. The number of hydrogen-bond donors (Lipinski definition) is 12. The minimum Gasteiger partial charge on any atom is -0.394 e. The number of rotatable bonds is 42. The molecule has 19 nitrogen and oxygen atoms in total. The molecular weight excluding hydrogens is 975 g/mol. The van der Waals surface area contributed by atoms with Crippen molar-refractivity contribution in [1.82, 2.24) is 5.32 Å². The number of aliphatic hydroxyl groups excluding tert-OH is 11. The van der Waals surface area contributed by atoms with E-state index in [4.69, 9.17) is 28.4 Å². The molecule has 440 valence electrons. The predicted molar refractivity (Wildman–Crippen MR) is 282 cm³/mol. The van der Waals surface area contributed by atoms with Gasteiger partial charge in [0.25, 0.3) is 0 Å². The van der Waals surface area contributed by atoms with Crippen molar-refractivity contribution in [3.63, 3.8) is 0 Å². The van der Waals surface area contributed by atoms with Gasteiger partial charge in [0.1, 0.15) is 73.2 Å². The summed E-state index contributed by atoms with van der Waals surface area (Å²) in [5.74, 6) is -0.285. The van der Waals surface area contributed by atoms with E-state index in [1.807, 2.05) is 6.08 Å². The van der Waals surface area contributed by atoms with Crippen LogP contribution >= 0.6 is 0 Å². The van der Waals surface area contributed by atoms with Gasteiger partial charge < -0.3 is 89.9 Å². The molecule has 3 fully saturated rings. The SMILES string of the molecule is CCCCCCCCCCCC/C=C/CC/C=C/C(O)C(COC1OC(CO)C(OC2OC(CO)C(OC3OC(CO)C(O)C(O)C3O)C(O)C2O)C(O)C1O)NC(=O)CCCCCCCCCCCCCCCC. The minimum atomic E-state index is -1.98. The quantitative estimate of drug-likeness (QED) is 0.0298. The van der Waals surface area contributed by atoms with Crippen molar-refractivity contribution >= 4 is 5.91 Å². The molecule has 3 saturated heterocycles. The summed E-state index contributed by atoms with van der Waals surface area (Å²) in [4.78, 5) is 13.3. The normalized spacial score (nSPS) is 31.3. The summed E-state index contributed by atoms with van der Waals surface area (Å²) < 4.78 is 34.2. The maximum absolute atomic E-state index is 13.3. The van der Waals surface area contributed by atoms with Crippen molar-refractivity contribution in [2.75, 3.05) is 26.4 Å². The van der Waals surface area contributed by atoms with Crippen LogP contribution in [0.4, 0.5) is 0 Å². The highest BCUT2D eigenvalue weighted by molar-refractivity contribution is 5.76. The second kappa shape index (κ2) is 40.4. The standard InChI is InChI=1S/C56H103NO18/c1-3-5-7-9-11-13-15-17-19-20-21-23-25-27-29-31-33-40(61)39(57-44(62)34-32-30-28-26-24-22-18-16-14-12-10-8-6-4-2)38-70-54-50(68)47(65)52(42(36-59)72-54)75-56-51(69)48(66)53(43(37-60)73-56)74-55-49(67)46(64)45(63)41(35-58)71-55/h23,25,31,33,39-43,45-56,58-61,63-69H,3-22,24,26-30,32,34-38H2,1-2H3,(H,57,62)/b25-23+,33-31+. The lowest BCUT2D eigenvalue weighted by atomic mass is 9.96. The Kier molecular flexibility index (Phi) is 36.4. The molecule has 0 radical (unpaired) electrons. The van der Waals surface area contributed by atoms with Crippen LogP contribution < -0.4 is 5.32 Å². The highest BCUT2D eigenvalue weighted by Gasteiger charge is 2.53. The fourth-order valence-corrected chi connectivity index (χ4v) is 9.91. The lowest BCUT2D eigenvalue weighted by molar-refractivity contribution is -0.379. The van der Waals surface area contributed by atoms with E-state index in [1.165, 1.54) is 122 Å². The van der Waals surface area contributed by atoms with Gasteiger partial charge >= 0.3 is 0 Å². The number of carbonyl (C=O) groups is 1. The average Bonchev–Trinajstić information content (AvgIpc) is 3.41. The van der Waals surface area contributed by atoms with Crippen LogP contribution in [0.2, 0.25) is 0 Å². The first-order valence-corrected chi connectivity index (χ1v) is 29.1. The summed E-state index contributed by atoms with van der Waals surface area (Å²) in [5.41, 5.74) is 0. The Labute approximate surface area is 448 Å². The van der Waals surface area contributed by atoms with Crippen molar-refractivity contribution in [1.29, 1.82) is 0 Å². The van der Waals surface area contributed by atoms with Gasteiger partial charge in [-0.3, -0.25) is 4.79 Å². The Hall–Kier alpha value is -1.73. The topological polar surface area (TPSA) is 307 Å². The molecule has 17 atom stereocenters. The summed E-state index contributed by atoms with van der Waals surface area (Å²) in [7, 11) is 0. The number of aliphatic hydroxyl groups is 11. The number of allylic oxidation sites excluding steroid dienone is 3. The number of unbranched alkanes of at least 4 members (excludes halogenated alkanes) is 24. The summed E-state index contributed by atoms with van der Waals surface area (Å²) in [6.07, 6.45) is 13.1.